The molecule has 1 aromatic heterocycles. The third-order valence-electron chi connectivity index (χ3n) is 3.65. The van der Waals surface area contributed by atoms with Gasteiger partial charge in [0.25, 0.3) is 5.91 Å². The van der Waals surface area contributed by atoms with Gasteiger partial charge < -0.3 is 15.1 Å². The summed E-state index contributed by atoms with van der Waals surface area (Å²) in [7, 11) is 3.95. The third kappa shape index (κ3) is 4.97. The van der Waals surface area contributed by atoms with E-state index in [1.165, 1.54) is 25.7 Å². The monoisotopic (exact) mass is 291 g/mol. The van der Waals surface area contributed by atoms with E-state index in [1.807, 2.05) is 19.0 Å². The topological polar surface area (TPSA) is 61.4 Å². The van der Waals surface area contributed by atoms with E-state index in [2.05, 4.69) is 20.2 Å². The van der Waals surface area contributed by atoms with Gasteiger partial charge in [0.05, 0.1) is 12.4 Å². The molecule has 1 saturated heterocycles. The Balaban J connectivity index is 1.90. The summed E-state index contributed by atoms with van der Waals surface area (Å²) in [6, 6.07) is 0. The second-order valence-electron chi connectivity index (χ2n) is 5.72. The van der Waals surface area contributed by atoms with Crippen LogP contribution in [0.5, 0.6) is 0 Å². The second kappa shape index (κ2) is 7.93. The number of nitrogens with one attached hydrogen (secondary N) is 1. The summed E-state index contributed by atoms with van der Waals surface area (Å²) in [5.41, 5.74) is 0.382. The standard InChI is InChI=1S/C15H25N5O/c1-19(2)10-7-16-15(21)13-11-18-14(12-17-13)20-8-5-3-4-6-9-20/h11-12H,3-10H2,1-2H3,(H,16,21). The van der Waals surface area contributed by atoms with Crippen LogP contribution in [0, 0.1) is 0 Å². The van der Waals surface area contributed by atoms with Crippen molar-refractivity contribution < 1.29 is 4.79 Å². The van der Waals surface area contributed by atoms with Crippen LogP contribution < -0.4 is 10.2 Å². The molecule has 1 N–H and O–H groups in total. The van der Waals surface area contributed by atoms with Gasteiger partial charge in [-0.3, -0.25) is 4.79 Å². The molecule has 2 heterocycles. The smallest absolute Gasteiger partial charge is 0.271 e. The molecule has 0 aromatic carbocycles. The van der Waals surface area contributed by atoms with Crippen LogP contribution in [-0.4, -0.2) is 61.0 Å². The molecule has 1 fully saturated rings. The molecule has 0 unspecified atom stereocenters. The summed E-state index contributed by atoms with van der Waals surface area (Å²) in [4.78, 5) is 24.9. The summed E-state index contributed by atoms with van der Waals surface area (Å²) in [6.07, 6.45) is 8.27. The molecule has 6 nitrogen and oxygen atoms in total. The van der Waals surface area contributed by atoms with Crippen LogP contribution in [0.1, 0.15) is 36.2 Å². The Kier molecular flexibility index (Phi) is 5.92. The molecule has 1 aromatic rings. The number of aromatic nitrogens is 2. The van der Waals surface area contributed by atoms with E-state index in [4.69, 9.17) is 0 Å². The highest BCUT2D eigenvalue weighted by molar-refractivity contribution is 5.91. The minimum Gasteiger partial charge on any atom is -0.355 e. The van der Waals surface area contributed by atoms with E-state index in [0.29, 0.717) is 12.2 Å². The molecule has 0 saturated carbocycles. The van der Waals surface area contributed by atoms with Gasteiger partial charge in [-0.2, -0.15) is 0 Å². The molecule has 0 atom stereocenters. The lowest BCUT2D eigenvalue weighted by Gasteiger charge is -2.20. The highest BCUT2D eigenvalue weighted by Gasteiger charge is 2.13. The largest absolute Gasteiger partial charge is 0.355 e. The zero-order chi connectivity index (χ0) is 15.1. The number of carbonyl (C=O) groups is 1. The van der Waals surface area contributed by atoms with Gasteiger partial charge >= 0.3 is 0 Å². The van der Waals surface area contributed by atoms with Crippen molar-refractivity contribution in [2.45, 2.75) is 25.7 Å². The summed E-state index contributed by atoms with van der Waals surface area (Å²) in [6.45, 7) is 3.48. The van der Waals surface area contributed by atoms with Crippen molar-refractivity contribution in [2.75, 3.05) is 45.2 Å². The molecule has 0 radical (unpaired) electrons. The SMILES string of the molecule is CN(C)CCNC(=O)c1cnc(N2CCCCCC2)cn1. The molecule has 0 spiro atoms. The minimum atomic E-state index is -0.160. The van der Waals surface area contributed by atoms with Gasteiger partial charge in [-0.15, -0.1) is 0 Å². The normalized spacial score (nSPS) is 15.9. The van der Waals surface area contributed by atoms with Crippen molar-refractivity contribution in [3.63, 3.8) is 0 Å². The number of nitrogens with zero attached hydrogens (tertiary/aromatic N) is 4. The fourth-order valence-corrected chi connectivity index (χ4v) is 2.39. The quantitative estimate of drug-likeness (QED) is 0.882. The van der Waals surface area contributed by atoms with Gasteiger partial charge in [0.2, 0.25) is 0 Å². The first-order valence-corrected chi connectivity index (χ1v) is 7.67. The second-order valence-corrected chi connectivity index (χ2v) is 5.72. The summed E-state index contributed by atoms with van der Waals surface area (Å²) < 4.78 is 0. The highest BCUT2D eigenvalue weighted by Crippen LogP contribution is 2.16. The highest BCUT2D eigenvalue weighted by atomic mass is 16.1. The van der Waals surface area contributed by atoms with Gasteiger partial charge in [-0.1, -0.05) is 12.8 Å². The first-order chi connectivity index (χ1) is 10.2. The average molecular weight is 291 g/mol. The zero-order valence-corrected chi connectivity index (χ0v) is 13.0. The fraction of sp³-hybridized carbons (Fsp3) is 0.667. The van der Waals surface area contributed by atoms with Gasteiger partial charge in [0.1, 0.15) is 11.5 Å². The number of hydrogen-bond donors (Lipinski definition) is 1. The molecule has 1 aliphatic heterocycles. The van der Waals surface area contributed by atoms with E-state index in [-0.39, 0.29) is 5.91 Å². The third-order valence-corrected chi connectivity index (χ3v) is 3.65. The molecular weight excluding hydrogens is 266 g/mol. The Morgan fingerprint density at radius 1 is 1.19 bits per heavy atom. The van der Waals surface area contributed by atoms with Gasteiger partial charge in [-0.05, 0) is 26.9 Å². The Bertz CT molecular complexity index is 438. The molecular formula is C15H25N5O. The van der Waals surface area contributed by atoms with Crippen molar-refractivity contribution in [3.05, 3.63) is 18.1 Å². The number of hydrogen-bond acceptors (Lipinski definition) is 5. The number of amides is 1. The van der Waals surface area contributed by atoms with Crippen molar-refractivity contribution >= 4 is 11.7 Å². The maximum absolute atomic E-state index is 11.9. The molecule has 21 heavy (non-hydrogen) atoms. The molecule has 116 valence electrons. The van der Waals surface area contributed by atoms with Crippen LogP contribution in [0.4, 0.5) is 5.82 Å². The molecule has 1 aliphatic rings. The maximum Gasteiger partial charge on any atom is 0.271 e. The van der Waals surface area contributed by atoms with Crippen molar-refractivity contribution in [1.82, 2.24) is 20.2 Å². The maximum atomic E-state index is 11.9. The van der Waals surface area contributed by atoms with Crippen LogP contribution in [0.25, 0.3) is 0 Å². The van der Waals surface area contributed by atoms with Gasteiger partial charge in [-0.25, -0.2) is 9.97 Å². The lowest BCUT2D eigenvalue weighted by molar-refractivity contribution is 0.0945. The summed E-state index contributed by atoms with van der Waals surface area (Å²) >= 11 is 0. The van der Waals surface area contributed by atoms with Crippen LogP contribution in [0.15, 0.2) is 12.4 Å². The van der Waals surface area contributed by atoms with E-state index >= 15 is 0 Å². The number of rotatable bonds is 5. The lowest BCUT2D eigenvalue weighted by Crippen LogP contribution is -2.32. The Labute approximate surface area is 126 Å². The molecule has 2 rings (SSSR count). The predicted molar refractivity (Wildman–Crippen MR) is 83.6 cm³/mol. The van der Waals surface area contributed by atoms with Crippen molar-refractivity contribution in [2.24, 2.45) is 0 Å². The fourth-order valence-electron chi connectivity index (χ4n) is 2.39. The molecule has 0 bridgehead atoms. The first kappa shape index (κ1) is 15.7. The number of likely N-dealkylation sites (N-methyl/N-ethyl adjacent to an activating group) is 1. The van der Waals surface area contributed by atoms with Gasteiger partial charge in [0.15, 0.2) is 0 Å². The lowest BCUT2D eigenvalue weighted by atomic mass is 10.2. The molecule has 1 amide bonds. The molecule has 6 heteroatoms. The Morgan fingerprint density at radius 3 is 2.48 bits per heavy atom. The Morgan fingerprint density at radius 2 is 1.90 bits per heavy atom. The number of carbonyl (C=O) groups excluding carboxylic acids is 1. The Hall–Kier alpha value is -1.69. The van der Waals surface area contributed by atoms with Crippen LogP contribution >= 0.6 is 0 Å². The average Bonchev–Trinajstić information content (AvgIpc) is 2.76. The first-order valence-electron chi connectivity index (χ1n) is 7.67. The molecule has 0 aliphatic carbocycles. The minimum absolute atomic E-state index is 0.160. The van der Waals surface area contributed by atoms with Crippen LogP contribution in [0.2, 0.25) is 0 Å². The van der Waals surface area contributed by atoms with E-state index in [0.717, 1.165) is 25.5 Å². The van der Waals surface area contributed by atoms with E-state index in [1.54, 1.807) is 12.4 Å². The van der Waals surface area contributed by atoms with Crippen LogP contribution in [-0.2, 0) is 0 Å². The number of anilines is 1. The van der Waals surface area contributed by atoms with Crippen molar-refractivity contribution in [3.8, 4) is 0 Å². The predicted octanol–water partition coefficient (Wildman–Crippen LogP) is 1.15. The van der Waals surface area contributed by atoms with E-state index in [9.17, 15) is 4.79 Å². The summed E-state index contributed by atoms with van der Waals surface area (Å²) in [5.74, 6) is 0.716. The van der Waals surface area contributed by atoms with E-state index < -0.39 is 0 Å². The van der Waals surface area contributed by atoms with Crippen molar-refractivity contribution in [1.29, 1.82) is 0 Å². The van der Waals surface area contributed by atoms with Crippen LogP contribution in [0.3, 0.4) is 0 Å². The van der Waals surface area contributed by atoms with Gasteiger partial charge in [0, 0.05) is 26.2 Å². The zero-order valence-electron chi connectivity index (χ0n) is 13.0. The summed E-state index contributed by atoms with van der Waals surface area (Å²) in [5, 5.41) is 2.84.